The highest BCUT2D eigenvalue weighted by molar-refractivity contribution is 6.06. The highest BCUT2D eigenvalue weighted by Crippen LogP contribution is 2.31. The second-order valence-corrected chi connectivity index (χ2v) is 10.7. The van der Waals surface area contributed by atoms with Crippen molar-refractivity contribution in [2.75, 3.05) is 13.1 Å². The summed E-state index contributed by atoms with van der Waals surface area (Å²) in [7, 11) is 0. The van der Waals surface area contributed by atoms with Crippen LogP contribution in [0.1, 0.15) is 80.9 Å². The van der Waals surface area contributed by atoms with E-state index in [9.17, 15) is 14.7 Å². The number of nitrogens with zero attached hydrogens (tertiary/aromatic N) is 2. The van der Waals surface area contributed by atoms with Gasteiger partial charge in [0, 0.05) is 24.0 Å². The van der Waals surface area contributed by atoms with Gasteiger partial charge in [0.2, 0.25) is 5.91 Å². The number of rotatable bonds is 12. The van der Waals surface area contributed by atoms with Gasteiger partial charge < -0.3 is 26.4 Å². The minimum Gasteiger partial charge on any atom is -0.389 e. The van der Waals surface area contributed by atoms with Crippen molar-refractivity contribution in [1.29, 1.82) is 0 Å². The number of amides is 2. The monoisotopic (exact) mass is 557 g/mol. The van der Waals surface area contributed by atoms with Gasteiger partial charge in [-0.1, -0.05) is 62.8 Å². The molecule has 8 heteroatoms. The predicted molar refractivity (Wildman–Crippen MR) is 167 cm³/mol. The van der Waals surface area contributed by atoms with Gasteiger partial charge in [0.1, 0.15) is 5.84 Å². The van der Waals surface area contributed by atoms with Crippen LogP contribution in [0.15, 0.2) is 77.6 Å². The first kappa shape index (κ1) is 31.4. The Morgan fingerprint density at radius 2 is 1.80 bits per heavy atom. The van der Waals surface area contributed by atoms with Crippen LogP contribution in [0.2, 0.25) is 0 Å². The maximum Gasteiger partial charge on any atom is 0.251 e. The maximum atomic E-state index is 12.5. The molecular weight excluding hydrogens is 514 g/mol. The van der Waals surface area contributed by atoms with Gasteiger partial charge in [-0.25, -0.2) is 0 Å². The van der Waals surface area contributed by atoms with E-state index in [-0.39, 0.29) is 18.9 Å². The fraction of sp³-hybridized carbons (Fsp3) is 0.364. The van der Waals surface area contributed by atoms with Gasteiger partial charge in [-0.2, -0.15) is 0 Å². The molecule has 2 aromatic rings. The second-order valence-electron chi connectivity index (χ2n) is 10.7. The first-order chi connectivity index (χ1) is 19.6. The standard InChI is InChI=1S/C33H43N5O3/c1-6-9-13-29-31(36-22-33(4,5)41)37-27(26-12-10-11-23(19-26)20-30(34)39)21-38(29)28(8-3)24-14-16-25(17-15-24)32(40)35-18-7-2/h8,10-17,19,21,41H,6-7,9,18,20,22H2,1-5H3,(H2,34,39)(H,35,40)(H,36,37)/b28-8-,29-13+. The molecular formula is C33H43N5O3. The third kappa shape index (κ3) is 8.91. The van der Waals surface area contributed by atoms with E-state index in [0.717, 1.165) is 53.0 Å². The van der Waals surface area contributed by atoms with Crippen molar-refractivity contribution >= 4 is 29.0 Å². The van der Waals surface area contributed by atoms with Crippen molar-refractivity contribution < 1.29 is 14.7 Å². The number of nitrogens with one attached hydrogen (secondary N) is 2. The quantitative estimate of drug-likeness (QED) is 0.294. The highest BCUT2D eigenvalue weighted by Gasteiger charge is 2.26. The van der Waals surface area contributed by atoms with Crippen LogP contribution in [-0.2, 0) is 11.2 Å². The molecule has 0 aliphatic carbocycles. The smallest absolute Gasteiger partial charge is 0.251 e. The largest absolute Gasteiger partial charge is 0.389 e. The summed E-state index contributed by atoms with van der Waals surface area (Å²) in [5.41, 5.74) is 10.3. The molecule has 0 unspecified atom stereocenters. The molecule has 0 saturated carbocycles. The first-order valence-electron chi connectivity index (χ1n) is 14.2. The molecule has 3 rings (SSSR count). The number of amidine groups is 1. The van der Waals surface area contributed by atoms with E-state index in [2.05, 4.69) is 28.5 Å². The molecule has 2 aromatic carbocycles. The Morgan fingerprint density at radius 1 is 1.10 bits per heavy atom. The molecule has 8 nitrogen and oxygen atoms in total. The van der Waals surface area contributed by atoms with Crippen LogP contribution in [0.3, 0.4) is 0 Å². The summed E-state index contributed by atoms with van der Waals surface area (Å²) in [6.45, 7) is 10.4. The van der Waals surface area contributed by atoms with E-state index < -0.39 is 11.5 Å². The fourth-order valence-corrected chi connectivity index (χ4v) is 4.38. The second kappa shape index (κ2) is 14.5. The minimum absolute atomic E-state index is 0.0924. The van der Waals surface area contributed by atoms with Crippen LogP contribution in [0.25, 0.3) is 11.4 Å². The molecule has 0 fully saturated rings. The first-order valence-corrected chi connectivity index (χ1v) is 14.2. The Labute approximate surface area is 243 Å². The van der Waals surface area contributed by atoms with Crippen molar-refractivity contribution in [2.45, 2.75) is 65.9 Å². The van der Waals surface area contributed by atoms with Crippen LogP contribution in [-0.4, -0.2) is 46.3 Å². The third-order valence-corrected chi connectivity index (χ3v) is 6.39. The average Bonchev–Trinajstić information content (AvgIpc) is 2.94. The number of allylic oxidation sites excluding steroid dienone is 2. The summed E-state index contributed by atoms with van der Waals surface area (Å²) in [6.07, 6.45) is 9.00. The lowest BCUT2D eigenvalue weighted by Crippen LogP contribution is -2.38. The molecule has 218 valence electrons. The summed E-state index contributed by atoms with van der Waals surface area (Å²) in [5, 5.41) is 16.9. The van der Waals surface area contributed by atoms with Gasteiger partial charge in [0.15, 0.2) is 0 Å². The van der Waals surface area contributed by atoms with Crippen molar-refractivity contribution in [3.05, 3.63) is 94.8 Å². The number of unbranched alkanes of at least 4 members (excludes halogenated alkanes) is 1. The van der Waals surface area contributed by atoms with E-state index >= 15 is 0 Å². The number of aliphatic hydroxyl groups is 1. The summed E-state index contributed by atoms with van der Waals surface area (Å²) >= 11 is 0. The van der Waals surface area contributed by atoms with Crippen LogP contribution in [0.4, 0.5) is 0 Å². The molecule has 0 bridgehead atoms. The summed E-state index contributed by atoms with van der Waals surface area (Å²) in [6, 6.07) is 15.3. The minimum atomic E-state index is -0.990. The number of aliphatic imine (C=N–C) groups is 1. The van der Waals surface area contributed by atoms with E-state index in [4.69, 9.17) is 10.7 Å². The van der Waals surface area contributed by atoms with Gasteiger partial charge in [0.25, 0.3) is 5.91 Å². The molecule has 5 N–H and O–H groups in total. The van der Waals surface area contributed by atoms with Gasteiger partial charge in [-0.15, -0.1) is 0 Å². The molecule has 2 amide bonds. The Bertz CT molecular complexity index is 1350. The summed E-state index contributed by atoms with van der Waals surface area (Å²) in [5.74, 6) is 0.146. The lowest BCUT2D eigenvalue weighted by molar-refractivity contribution is -0.117. The van der Waals surface area contributed by atoms with Crippen molar-refractivity contribution in [2.24, 2.45) is 10.7 Å². The zero-order valence-corrected chi connectivity index (χ0v) is 24.8. The zero-order chi connectivity index (χ0) is 30.0. The van der Waals surface area contributed by atoms with Crippen LogP contribution < -0.4 is 16.4 Å². The number of nitrogens with two attached hydrogens (primary N) is 1. The lowest BCUT2D eigenvalue weighted by Gasteiger charge is -2.34. The van der Waals surface area contributed by atoms with Crippen LogP contribution in [0.5, 0.6) is 0 Å². The molecule has 1 aliphatic rings. The van der Waals surface area contributed by atoms with E-state index in [0.29, 0.717) is 17.9 Å². The van der Waals surface area contributed by atoms with Crippen LogP contribution in [0, 0.1) is 0 Å². The maximum absolute atomic E-state index is 12.5. The third-order valence-electron chi connectivity index (χ3n) is 6.39. The number of benzene rings is 2. The summed E-state index contributed by atoms with van der Waals surface area (Å²) in [4.78, 5) is 31.0. The van der Waals surface area contributed by atoms with Crippen molar-refractivity contribution in [1.82, 2.24) is 15.5 Å². The van der Waals surface area contributed by atoms with Crippen LogP contribution >= 0.6 is 0 Å². The highest BCUT2D eigenvalue weighted by atomic mass is 16.3. The predicted octanol–water partition coefficient (Wildman–Crippen LogP) is 4.97. The van der Waals surface area contributed by atoms with Crippen molar-refractivity contribution in [3.8, 4) is 0 Å². The van der Waals surface area contributed by atoms with E-state index in [1.807, 2.05) is 74.7 Å². The number of carbonyl (C=O) groups is 2. The molecule has 0 aromatic heterocycles. The summed E-state index contributed by atoms with van der Waals surface area (Å²) < 4.78 is 0. The molecule has 41 heavy (non-hydrogen) atoms. The SMILES string of the molecule is C/C=C(/c1ccc(C(=O)NCCC)cc1)N1C=C(c2cccc(CC(N)=O)c2)NC(=NCC(C)(C)O)/C1=C\CCC. The molecule has 1 heterocycles. The lowest BCUT2D eigenvalue weighted by atomic mass is 10.0. The number of primary amides is 1. The van der Waals surface area contributed by atoms with Gasteiger partial charge in [-0.3, -0.25) is 14.6 Å². The topological polar surface area (TPSA) is 120 Å². The number of hydrogen-bond acceptors (Lipinski definition) is 5. The van der Waals surface area contributed by atoms with Gasteiger partial charge >= 0.3 is 0 Å². The average molecular weight is 558 g/mol. The van der Waals surface area contributed by atoms with E-state index in [1.165, 1.54) is 0 Å². The molecule has 1 aliphatic heterocycles. The van der Waals surface area contributed by atoms with Crippen molar-refractivity contribution in [3.63, 3.8) is 0 Å². The van der Waals surface area contributed by atoms with Gasteiger partial charge in [0.05, 0.1) is 30.0 Å². The Balaban J connectivity index is 2.13. The zero-order valence-electron chi connectivity index (χ0n) is 24.8. The normalized spacial score (nSPS) is 16.0. The number of hydrogen-bond donors (Lipinski definition) is 4. The number of carbonyl (C=O) groups excluding carboxylic acids is 2. The Morgan fingerprint density at radius 3 is 2.41 bits per heavy atom. The van der Waals surface area contributed by atoms with E-state index in [1.54, 1.807) is 13.8 Å². The molecule has 0 atom stereocenters. The fourth-order valence-electron chi connectivity index (χ4n) is 4.38. The molecule has 0 saturated heterocycles. The Hall–Kier alpha value is -4.17. The Kier molecular flexibility index (Phi) is 11.1. The molecule has 0 radical (unpaired) electrons. The van der Waals surface area contributed by atoms with Gasteiger partial charge in [-0.05, 0) is 68.5 Å². The molecule has 0 spiro atoms.